The van der Waals surface area contributed by atoms with Crippen molar-refractivity contribution in [3.63, 3.8) is 0 Å². The van der Waals surface area contributed by atoms with Crippen LogP contribution >= 0.6 is 0 Å². The SMILES string of the molecule is CS(=O)(=O)CCS(=O)(=O)Nc1cccc(C#CCN)n1. The number of nitrogens with one attached hydrogen (secondary N) is 1. The third-order valence-corrected chi connectivity index (χ3v) is 4.52. The first-order chi connectivity index (χ1) is 9.22. The maximum absolute atomic E-state index is 11.7. The fourth-order valence-corrected chi connectivity index (χ4v) is 3.80. The van der Waals surface area contributed by atoms with Crippen molar-refractivity contribution in [1.29, 1.82) is 0 Å². The maximum atomic E-state index is 11.7. The van der Waals surface area contributed by atoms with Gasteiger partial charge in [-0.25, -0.2) is 21.8 Å². The van der Waals surface area contributed by atoms with Crippen LogP contribution in [0.1, 0.15) is 5.69 Å². The Morgan fingerprint density at radius 1 is 1.25 bits per heavy atom. The number of hydrogen-bond donors (Lipinski definition) is 2. The van der Waals surface area contributed by atoms with E-state index in [0.29, 0.717) is 5.69 Å². The summed E-state index contributed by atoms with van der Waals surface area (Å²) in [4.78, 5) is 3.97. The highest BCUT2D eigenvalue weighted by Gasteiger charge is 2.15. The van der Waals surface area contributed by atoms with Gasteiger partial charge >= 0.3 is 0 Å². The number of anilines is 1. The zero-order valence-electron chi connectivity index (χ0n) is 10.8. The second-order valence-corrected chi connectivity index (χ2v) is 8.07. The highest BCUT2D eigenvalue weighted by Crippen LogP contribution is 2.07. The van der Waals surface area contributed by atoms with Crippen LogP contribution < -0.4 is 10.5 Å². The van der Waals surface area contributed by atoms with Crippen LogP contribution in [0.2, 0.25) is 0 Å². The standard InChI is InChI=1S/C11H15N3O4S2/c1-19(15,16)8-9-20(17,18)14-11-6-2-4-10(13-11)5-3-7-12/h2,4,6H,7-9,12H2,1H3,(H,13,14). The number of nitrogens with two attached hydrogens (primary N) is 1. The molecule has 3 N–H and O–H groups in total. The van der Waals surface area contributed by atoms with Gasteiger partial charge < -0.3 is 5.73 Å². The molecule has 110 valence electrons. The average Bonchev–Trinajstić information content (AvgIpc) is 2.33. The van der Waals surface area contributed by atoms with E-state index in [1.165, 1.54) is 6.07 Å². The van der Waals surface area contributed by atoms with Crippen LogP contribution in [0.15, 0.2) is 18.2 Å². The van der Waals surface area contributed by atoms with E-state index in [4.69, 9.17) is 5.73 Å². The van der Waals surface area contributed by atoms with E-state index in [0.717, 1.165) is 6.26 Å². The summed E-state index contributed by atoms with van der Waals surface area (Å²) in [6.45, 7) is 0.173. The number of pyridine rings is 1. The zero-order valence-corrected chi connectivity index (χ0v) is 12.5. The fraction of sp³-hybridized carbons (Fsp3) is 0.364. The molecular formula is C11H15N3O4S2. The third kappa shape index (κ3) is 6.51. The van der Waals surface area contributed by atoms with Gasteiger partial charge in [0, 0.05) is 6.26 Å². The molecule has 0 aliphatic heterocycles. The summed E-state index contributed by atoms with van der Waals surface area (Å²) in [5.74, 6) is 4.38. The molecular weight excluding hydrogens is 302 g/mol. The summed E-state index contributed by atoms with van der Waals surface area (Å²) >= 11 is 0. The van der Waals surface area contributed by atoms with E-state index in [1.807, 2.05) is 0 Å². The molecule has 20 heavy (non-hydrogen) atoms. The highest BCUT2D eigenvalue weighted by molar-refractivity contribution is 7.95. The molecule has 1 rings (SSSR count). The molecule has 1 heterocycles. The average molecular weight is 317 g/mol. The molecule has 9 heteroatoms. The molecule has 1 aromatic heterocycles. The number of rotatable bonds is 5. The summed E-state index contributed by atoms with van der Waals surface area (Å²) in [7, 11) is -7.12. The van der Waals surface area contributed by atoms with Crippen molar-refractivity contribution >= 4 is 25.7 Å². The molecule has 1 aromatic rings. The summed E-state index contributed by atoms with van der Waals surface area (Å²) in [6.07, 6.45) is 0.976. The molecule has 0 unspecified atom stereocenters. The molecule has 0 aromatic carbocycles. The molecule has 0 atom stereocenters. The number of nitrogens with zero attached hydrogens (tertiary/aromatic N) is 1. The van der Waals surface area contributed by atoms with Gasteiger partial charge in [-0.2, -0.15) is 0 Å². The van der Waals surface area contributed by atoms with Crippen molar-refractivity contribution in [2.75, 3.05) is 29.0 Å². The number of aromatic nitrogens is 1. The summed E-state index contributed by atoms with van der Waals surface area (Å²) < 4.78 is 47.5. The van der Waals surface area contributed by atoms with Crippen LogP contribution in [-0.4, -0.2) is 46.1 Å². The van der Waals surface area contributed by atoms with Crippen LogP contribution in [0.25, 0.3) is 0 Å². The van der Waals surface area contributed by atoms with Gasteiger partial charge in [0.05, 0.1) is 18.1 Å². The predicted molar refractivity (Wildman–Crippen MR) is 77.3 cm³/mol. The minimum atomic E-state index is -3.77. The van der Waals surface area contributed by atoms with Crippen LogP contribution in [-0.2, 0) is 19.9 Å². The highest BCUT2D eigenvalue weighted by atomic mass is 32.2. The molecule has 7 nitrogen and oxygen atoms in total. The molecule has 0 aliphatic carbocycles. The largest absolute Gasteiger partial charge is 0.320 e. The number of hydrogen-bond acceptors (Lipinski definition) is 6. The van der Waals surface area contributed by atoms with Crippen LogP contribution in [0.5, 0.6) is 0 Å². The van der Waals surface area contributed by atoms with Crippen LogP contribution in [0, 0.1) is 11.8 Å². The summed E-state index contributed by atoms with van der Waals surface area (Å²) in [5.41, 5.74) is 5.60. The molecule has 0 amide bonds. The minimum Gasteiger partial charge on any atom is -0.320 e. The van der Waals surface area contributed by atoms with Crippen LogP contribution in [0.4, 0.5) is 5.82 Å². The van der Waals surface area contributed by atoms with Crippen molar-refractivity contribution in [3.05, 3.63) is 23.9 Å². The third-order valence-electron chi connectivity index (χ3n) is 2.05. The fourth-order valence-electron chi connectivity index (χ4n) is 1.17. The van der Waals surface area contributed by atoms with Crippen molar-refractivity contribution in [2.45, 2.75) is 0 Å². The van der Waals surface area contributed by atoms with Gasteiger partial charge in [0.25, 0.3) is 0 Å². The Morgan fingerprint density at radius 3 is 2.55 bits per heavy atom. The smallest absolute Gasteiger partial charge is 0.234 e. The molecule has 0 spiro atoms. The van der Waals surface area contributed by atoms with Gasteiger partial charge in [0.2, 0.25) is 10.0 Å². The Balaban J connectivity index is 2.82. The van der Waals surface area contributed by atoms with Gasteiger partial charge in [0.15, 0.2) is 0 Å². The Bertz CT molecular complexity index is 730. The lowest BCUT2D eigenvalue weighted by atomic mass is 10.3. The van der Waals surface area contributed by atoms with E-state index < -0.39 is 31.4 Å². The topological polar surface area (TPSA) is 119 Å². The number of sulfonamides is 1. The van der Waals surface area contributed by atoms with Crippen molar-refractivity contribution in [3.8, 4) is 11.8 Å². The molecule has 0 bridgehead atoms. The lowest BCUT2D eigenvalue weighted by molar-refractivity contribution is 0.593. The Morgan fingerprint density at radius 2 is 1.95 bits per heavy atom. The lowest BCUT2D eigenvalue weighted by Gasteiger charge is -2.06. The lowest BCUT2D eigenvalue weighted by Crippen LogP contribution is -2.22. The molecule has 0 saturated carbocycles. The van der Waals surface area contributed by atoms with Crippen LogP contribution in [0.3, 0.4) is 0 Å². The quantitative estimate of drug-likeness (QED) is 0.685. The summed E-state index contributed by atoms with van der Waals surface area (Å²) in [5, 5.41) is 0. The molecule has 0 radical (unpaired) electrons. The van der Waals surface area contributed by atoms with Crippen molar-refractivity contribution in [2.24, 2.45) is 5.73 Å². The first kappa shape index (κ1) is 16.4. The number of sulfone groups is 1. The van der Waals surface area contributed by atoms with Gasteiger partial charge in [0.1, 0.15) is 21.3 Å². The normalized spacial score (nSPS) is 11.5. The van der Waals surface area contributed by atoms with E-state index in [1.54, 1.807) is 12.1 Å². The Labute approximate surface area is 118 Å². The minimum absolute atomic E-state index is 0.0855. The van der Waals surface area contributed by atoms with E-state index in [-0.39, 0.29) is 12.4 Å². The van der Waals surface area contributed by atoms with Crippen molar-refractivity contribution in [1.82, 2.24) is 4.98 Å². The van der Waals surface area contributed by atoms with E-state index >= 15 is 0 Å². The van der Waals surface area contributed by atoms with Gasteiger partial charge in [-0.05, 0) is 18.1 Å². The Kier molecular flexibility index (Phi) is 5.50. The molecule has 0 aliphatic rings. The predicted octanol–water partition coefficient (Wildman–Crippen LogP) is -0.822. The maximum Gasteiger partial charge on any atom is 0.234 e. The zero-order chi connectivity index (χ0) is 15.2. The summed E-state index contributed by atoms with van der Waals surface area (Å²) in [6, 6.07) is 4.64. The first-order valence-corrected chi connectivity index (χ1v) is 9.27. The molecule has 0 saturated heterocycles. The first-order valence-electron chi connectivity index (χ1n) is 5.56. The second-order valence-electron chi connectivity index (χ2n) is 3.96. The van der Waals surface area contributed by atoms with Gasteiger partial charge in [-0.15, -0.1) is 0 Å². The monoisotopic (exact) mass is 317 g/mol. The van der Waals surface area contributed by atoms with Gasteiger partial charge in [-0.3, -0.25) is 4.72 Å². The van der Waals surface area contributed by atoms with E-state index in [2.05, 4.69) is 21.5 Å². The van der Waals surface area contributed by atoms with E-state index in [9.17, 15) is 16.8 Å². The second kappa shape index (κ2) is 6.69. The molecule has 0 fully saturated rings. The van der Waals surface area contributed by atoms with Gasteiger partial charge in [-0.1, -0.05) is 12.0 Å². The van der Waals surface area contributed by atoms with Crippen molar-refractivity contribution < 1.29 is 16.8 Å². The Hall–Kier alpha value is -1.63.